The summed E-state index contributed by atoms with van der Waals surface area (Å²) in [7, 11) is 0. The van der Waals surface area contributed by atoms with Crippen LogP contribution in [0.2, 0.25) is 0 Å². The maximum atomic E-state index is 4.52. The van der Waals surface area contributed by atoms with Gasteiger partial charge in [-0.1, -0.05) is 18.2 Å². The van der Waals surface area contributed by atoms with Crippen molar-refractivity contribution in [2.75, 3.05) is 5.32 Å². The lowest BCUT2D eigenvalue weighted by molar-refractivity contribution is 0.274. The van der Waals surface area contributed by atoms with E-state index in [2.05, 4.69) is 54.4 Å². The molecule has 1 N–H and O–H groups in total. The number of rotatable bonds is 4. The van der Waals surface area contributed by atoms with Gasteiger partial charge in [0.15, 0.2) is 0 Å². The number of anilines is 2. The molecule has 6 nitrogen and oxygen atoms in total. The Morgan fingerprint density at radius 1 is 0.963 bits per heavy atom. The molecule has 4 aromatic rings. The van der Waals surface area contributed by atoms with Gasteiger partial charge in [0.2, 0.25) is 0 Å². The molecule has 0 fully saturated rings. The molecular weight excluding hydrogens is 336 g/mol. The second-order valence-electron chi connectivity index (χ2n) is 6.69. The number of nitrogens with one attached hydrogen (secondary N) is 1. The van der Waals surface area contributed by atoms with Crippen LogP contribution in [0.1, 0.15) is 16.8 Å². The first kappa shape index (κ1) is 15.8. The van der Waals surface area contributed by atoms with E-state index in [-0.39, 0.29) is 0 Å². The Morgan fingerprint density at radius 3 is 2.78 bits per heavy atom. The number of nitrogens with zero attached hydrogens (tertiary/aromatic N) is 5. The summed E-state index contributed by atoms with van der Waals surface area (Å²) in [5.41, 5.74) is 5.40. The van der Waals surface area contributed by atoms with Crippen LogP contribution < -0.4 is 5.32 Å². The molecule has 0 radical (unpaired) electrons. The Kier molecular flexibility index (Phi) is 3.95. The topological polar surface area (TPSA) is 66.8 Å². The smallest absolute Gasteiger partial charge is 0.138 e. The van der Waals surface area contributed by atoms with Gasteiger partial charge in [0.1, 0.15) is 12.1 Å². The number of pyridine rings is 2. The van der Waals surface area contributed by atoms with Gasteiger partial charge in [-0.2, -0.15) is 0 Å². The van der Waals surface area contributed by atoms with Crippen molar-refractivity contribution in [1.82, 2.24) is 24.8 Å². The molecule has 27 heavy (non-hydrogen) atoms. The fraction of sp³-hybridized carbons (Fsp3) is 0.143. The van der Waals surface area contributed by atoms with Crippen molar-refractivity contribution in [2.24, 2.45) is 0 Å². The van der Waals surface area contributed by atoms with E-state index in [1.807, 2.05) is 36.8 Å². The van der Waals surface area contributed by atoms with Crippen molar-refractivity contribution < 1.29 is 0 Å². The highest BCUT2D eigenvalue weighted by atomic mass is 15.2. The largest absolute Gasteiger partial charge is 0.339 e. The average molecular weight is 354 g/mol. The highest BCUT2D eigenvalue weighted by Crippen LogP contribution is 2.29. The van der Waals surface area contributed by atoms with Crippen molar-refractivity contribution in [3.63, 3.8) is 0 Å². The zero-order valence-electron chi connectivity index (χ0n) is 14.7. The van der Waals surface area contributed by atoms with Gasteiger partial charge in [-0.15, -0.1) is 0 Å². The van der Waals surface area contributed by atoms with Crippen LogP contribution in [0.15, 0.2) is 67.4 Å². The second kappa shape index (κ2) is 6.74. The van der Waals surface area contributed by atoms with Crippen LogP contribution in [0.25, 0.3) is 10.9 Å². The van der Waals surface area contributed by atoms with E-state index in [0.29, 0.717) is 0 Å². The molecule has 132 valence electrons. The second-order valence-corrected chi connectivity index (χ2v) is 6.69. The van der Waals surface area contributed by atoms with E-state index >= 15 is 0 Å². The minimum Gasteiger partial charge on any atom is -0.339 e. The van der Waals surface area contributed by atoms with Crippen LogP contribution in [0.5, 0.6) is 0 Å². The van der Waals surface area contributed by atoms with E-state index in [9.17, 15) is 0 Å². The third-order valence-electron chi connectivity index (χ3n) is 4.80. The Labute approximate surface area is 157 Å². The van der Waals surface area contributed by atoms with Gasteiger partial charge in [-0.25, -0.2) is 9.97 Å². The predicted molar refractivity (Wildman–Crippen MR) is 104 cm³/mol. The molecule has 0 atom stereocenters. The Balaban J connectivity index is 1.39. The molecule has 5 rings (SSSR count). The minimum absolute atomic E-state index is 0.821. The molecule has 0 unspecified atom stereocenters. The molecule has 4 heterocycles. The van der Waals surface area contributed by atoms with Crippen molar-refractivity contribution >= 4 is 22.4 Å². The van der Waals surface area contributed by atoms with Crippen molar-refractivity contribution in [3.05, 3.63) is 84.2 Å². The summed E-state index contributed by atoms with van der Waals surface area (Å²) < 4.78 is 0. The summed E-state index contributed by atoms with van der Waals surface area (Å²) in [4.78, 5) is 19.9. The maximum Gasteiger partial charge on any atom is 0.138 e. The molecule has 6 heteroatoms. The first-order valence-corrected chi connectivity index (χ1v) is 8.91. The third-order valence-corrected chi connectivity index (χ3v) is 4.80. The van der Waals surface area contributed by atoms with Crippen LogP contribution >= 0.6 is 0 Å². The molecule has 0 saturated heterocycles. The van der Waals surface area contributed by atoms with E-state index in [4.69, 9.17) is 0 Å². The van der Waals surface area contributed by atoms with Crippen LogP contribution in [0, 0.1) is 0 Å². The van der Waals surface area contributed by atoms with Crippen LogP contribution in [0.4, 0.5) is 11.5 Å². The van der Waals surface area contributed by atoms with Crippen molar-refractivity contribution in [2.45, 2.75) is 19.6 Å². The zero-order valence-corrected chi connectivity index (χ0v) is 14.7. The maximum absolute atomic E-state index is 4.52. The molecule has 1 aromatic carbocycles. The number of aromatic nitrogens is 4. The standard InChI is InChI=1S/C21H18N6/c1-2-4-19-16(3-1)9-17(10-23-19)26-21-18-12-27(13-20(18)24-14-25-21)11-15-5-7-22-8-6-15/h1-10,14H,11-13H2,(H,24,25,26). The lowest BCUT2D eigenvalue weighted by atomic mass is 10.2. The van der Waals surface area contributed by atoms with E-state index in [1.165, 1.54) is 5.56 Å². The van der Waals surface area contributed by atoms with Gasteiger partial charge >= 0.3 is 0 Å². The Bertz CT molecular complexity index is 1100. The monoisotopic (exact) mass is 354 g/mol. The van der Waals surface area contributed by atoms with Crippen LogP contribution in [0.3, 0.4) is 0 Å². The average Bonchev–Trinajstić information content (AvgIpc) is 3.12. The quantitative estimate of drug-likeness (QED) is 0.603. The summed E-state index contributed by atoms with van der Waals surface area (Å²) >= 11 is 0. The first-order valence-electron chi connectivity index (χ1n) is 8.91. The molecular formula is C21H18N6. The summed E-state index contributed by atoms with van der Waals surface area (Å²) in [6.45, 7) is 2.52. The lowest BCUT2D eigenvalue weighted by Crippen LogP contribution is -2.15. The summed E-state index contributed by atoms with van der Waals surface area (Å²) in [6.07, 6.45) is 7.14. The van der Waals surface area contributed by atoms with Gasteiger partial charge in [0.25, 0.3) is 0 Å². The highest BCUT2D eigenvalue weighted by molar-refractivity contribution is 5.82. The van der Waals surface area contributed by atoms with E-state index in [1.54, 1.807) is 6.33 Å². The van der Waals surface area contributed by atoms with Crippen molar-refractivity contribution in [1.29, 1.82) is 0 Å². The summed E-state index contributed by atoms with van der Waals surface area (Å²) in [5.74, 6) is 0.856. The molecule has 0 aliphatic carbocycles. The van der Waals surface area contributed by atoms with E-state index < -0.39 is 0 Å². The SMILES string of the molecule is c1ccc2ncc(Nc3ncnc4c3CN(Cc3ccncc3)C4)cc2c1. The van der Waals surface area contributed by atoms with Gasteiger partial charge in [0, 0.05) is 43.0 Å². The molecule has 0 spiro atoms. The van der Waals surface area contributed by atoms with Crippen molar-refractivity contribution in [3.8, 4) is 0 Å². The molecule has 0 amide bonds. The summed E-state index contributed by atoms with van der Waals surface area (Å²) in [5, 5.41) is 4.53. The zero-order chi connectivity index (χ0) is 18.1. The minimum atomic E-state index is 0.821. The van der Waals surface area contributed by atoms with Gasteiger partial charge in [-0.3, -0.25) is 14.9 Å². The molecule has 3 aromatic heterocycles. The molecule has 1 aliphatic rings. The van der Waals surface area contributed by atoms with Gasteiger partial charge in [-0.05, 0) is 29.8 Å². The van der Waals surface area contributed by atoms with Gasteiger partial charge in [0.05, 0.1) is 23.1 Å². The number of para-hydroxylation sites is 1. The predicted octanol–water partition coefficient (Wildman–Crippen LogP) is 3.68. The molecule has 1 aliphatic heterocycles. The first-order chi connectivity index (χ1) is 13.3. The lowest BCUT2D eigenvalue weighted by Gasteiger charge is -2.14. The molecule has 0 saturated carbocycles. The number of hydrogen-bond donors (Lipinski definition) is 1. The summed E-state index contributed by atoms with van der Waals surface area (Å²) in [6, 6.07) is 14.3. The van der Waals surface area contributed by atoms with Crippen LogP contribution in [-0.4, -0.2) is 24.8 Å². The Hall–Kier alpha value is -3.38. The number of hydrogen-bond acceptors (Lipinski definition) is 6. The van der Waals surface area contributed by atoms with Crippen LogP contribution in [-0.2, 0) is 19.6 Å². The number of fused-ring (bicyclic) bond motifs is 2. The normalized spacial score (nSPS) is 13.6. The Morgan fingerprint density at radius 2 is 1.85 bits per heavy atom. The molecule has 0 bridgehead atoms. The highest BCUT2D eigenvalue weighted by Gasteiger charge is 2.24. The fourth-order valence-corrected chi connectivity index (χ4v) is 3.48. The third kappa shape index (κ3) is 3.22. The van der Waals surface area contributed by atoms with E-state index in [0.717, 1.165) is 53.3 Å². The van der Waals surface area contributed by atoms with Gasteiger partial charge < -0.3 is 5.32 Å². The number of benzene rings is 1. The fourth-order valence-electron chi connectivity index (χ4n) is 3.48.